The van der Waals surface area contributed by atoms with E-state index in [1.165, 1.54) is 36.5 Å². The van der Waals surface area contributed by atoms with Crippen LogP contribution in [0.5, 0.6) is 0 Å². The molecule has 2 aliphatic carbocycles. The number of aliphatic hydroxyl groups is 2. The standard InChI is InChI=1S/C23H34O2/c1-5-6-7-8-9-10-18-14-19(24)15-22(25)23(18)21-13-17(4)11-12-20(21)16(2)3/h9-10,13-15,18,20-21,23-25H,2,5-8,11-12H2,1,3-4H3/b10-9-/t18?,20-,21+,23?/m0/s1. The number of allylic oxidation sites excluding steroid dienone is 8. The predicted molar refractivity (Wildman–Crippen MR) is 106 cm³/mol. The molecule has 2 rings (SSSR count). The van der Waals surface area contributed by atoms with E-state index in [-0.39, 0.29) is 23.5 Å². The monoisotopic (exact) mass is 342 g/mol. The van der Waals surface area contributed by atoms with Crippen LogP contribution in [0.1, 0.15) is 59.3 Å². The van der Waals surface area contributed by atoms with E-state index in [1.807, 2.05) is 6.08 Å². The molecule has 0 heterocycles. The molecule has 0 fully saturated rings. The third-order valence-corrected chi connectivity index (χ3v) is 5.59. The molecule has 0 amide bonds. The Morgan fingerprint density at radius 3 is 2.72 bits per heavy atom. The summed E-state index contributed by atoms with van der Waals surface area (Å²) in [5.41, 5.74) is 2.57. The van der Waals surface area contributed by atoms with E-state index in [0.29, 0.717) is 11.7 Å². The molecule has 2 nitrogen and oxygen atoms in total. The van der Waals surface area contributed by atoms with Gasteiger partial charge in [0.1, 0.15) is 11.5 Å². The van der Waals surface area contributed by atoms with E-state index in [4.69, 9.17) is 0 Å². The normalized spacial score (nSPS) is 30.0. The molecule has 0 aliphatic heterocycles. The molecule has 0 aromatic carbocycles. The molecule has 0 aromatic rings. The second kappa shape index (κ2) is 9.12. The lowest BCUT2D eigenvalue weighted by Crippen LogP contribution is -2.32. The van der Waals surface area contributed by atoms with Crippen molar-refractivity contribution in [3.05, 3.63) is 59.6 Å². The zero-order chi connectivity index (χ0) is 18.4. The van der Waals surface area contributed by atoms with Gasteiger partial charge in [0, 0.05) is 17.9 Å². The van der Waals surface area contributed by atoms with Crippen LogP contribution in [0.2, 0.25) is 0 Å². The highest BCUT2D eigenvalue weighted by molar-refractivity contribution is 5.30. The molecule has 2 aliphatic rings. The van der Waals surface area contributed by atoms with Gasteiger partial charge < -0.3 is 10.2 Å². The molecule has 0 spiro atoms. The highest BCUT2D eigenvalue weighted by Crippen LogP contribution is 2.44. The number of unbranched alkanes of at least 4 members (excludes halogenated alkanes) is 3. The van der Waals surface area contributed by atoms with Crippen LogP contribution in [0, 0.1) is 23.7 Å². The second-order valence-electron chi connectivity index (χ2n) is 7.77. The van der Waals surface area contributed by atoms with Crippen LogP contribution >= 0.6 is 0 Å². The fraction of sp³-hybridized carbons (Fsp3) is 0.565. The first-order valence-corrected chi connectivity index (χ1v) is 9.74. The first-order chi connectivity index (χ1) is 11.9. The van der Waals surface area contributed by atoms with Gasteiger partial charge in [0.15, 0.2) is 0 Å². The molecule has 2 unspecified atom stereocenters. The van der Waals surface area contributed by atoms with E-state index in [2.05, 4.69) is 45.6 Å². The molecule has 0 aromatic heterocycles. The largest absolute Gasteiger partial charge is 0.512 e. The van der Waals surface area contributed by atoms with Crippen LogP contribution in [0.15, 0.2) is 59.6 Å². The Balaban J connectivity index is 2.25. The van der Waals surface area contributed by atoms with Gasteiger partial charge in [0.05, 0.1) is 0 Å². The summed E-state index contributed by atoms with van der Waals surface area (Å²) in [6.45, 7) is 10.7. The maximum Gasteiger partial charge on any atom is 0.115 e. The topological polar surface area (TPSA) is 40.5 Å². The summed E-state index contributed by atoms with van der Waals surface area (Å²) in [4.78, 5) is 0. The Morgan fingerprint density at radius 2 is 2.04 bits per heavy atom. The van der Waals surface area contributed by atoms with E-state index in [0.717, 1.165) is 19.3 Å². The Labute approximate surface area is 153 Å². The van der Waals surface area contributed by atoms with Crippen molar-refractivity contribution >= 4 is 0 Å². The summed E-state index contributed by atoms with van der Waals surface area (Å²) >= 11 is 0. The molecule has 138 valence electrons. The summed E-state index contributed by atoms with van der Waals surface area (Å²) in [5.74, 6) is 1.09. The zero-order valence-electron chi connectivity index (χ0n) is 16.0. The van der Waals surface area contributed by atoms with Crippen LogP contribution < -0.4 is 0 Å². The van der Waals surface area contributed by atoms with Crippen molar-refractivity contribution in [2.75, 3.05) is 0 Å². The van der Waals surface area contributed by atoms with E-state index < -0.39 is 0 Å². The minimum atomic E-state index is -0.0183. The van der Waals surface area contributed by atoms with Gasteiger partial charge in [-0.2, -0.15) is 0 Å². The fourth-order valence-corrected chi connectivity index (χ4v) is 4.22. The van der Waals surface area contributed by atoms with Gasteiger partial charge >= 0.3 is 0 Å². The van der Waals surface area contributed by atoms with Crippen molar-refractivity contribution in [2.45, 2.75) is 59.3 Å². The van der Waals surface area contributed by atoms with Crippen LogP contribution in [-0.2, 0) is 0 Å². The summed E-state index contributed by atoms with van der Waals surface area (Å²) in [6.07, 6.45) is 17.0. The van der Waals surface area contributed by atoms with Crippen molar-refractivity contribution < 1.29 is 10.2 Å². The summed E-state index contributed by atoms with van der Waals surface area (Å²) < 4.78 is 0. The number of rotatable bonds is 7. The lowest BCUT2D eigenvalue weighted by Gasteiger charge is -2.39. The number of hydrogen-bond acceptors (Lipinski definition) is 2. The van der Waals surface area contributed by atoms with Gasteiger partial charge in [-0.1, -0.05) is 55.7 Å². The highest BCUT2D eigenvalue weighted by atomic mass is 16.3. The summed E-state index contributed by atoms with van der Waals surface area (Å²) in [5, 5.41) is 20.6. The number of aliphatic hydroxyl groups excluding tert-OH is 2. The molecule has 2 N–H and O–H groups in total. The molecule has 0 saturated carbocycles. The molecule has 0 saturated heterocycles. The minimum Gasteiger partial charge on any atom is -0.512 e. The lowest BCUT2D eigenvalue weighted by atomic mass is 9.66. The van der Waals surface area contributed by atoms with Crippen molar-refractivity contribution in [3.8, 4) is 0 Å². The molecular formula is C23H34O2. The van der Waals surface area contributed by atoms with Crippen LogP contribution in [-0.4, -0.2) is 10.2 Å². The summed E-state index contributed by atoms with van der Waals surface area (Å²) in [6, 6.07) is 0. The van der Waals surface area contributed by atoms with E-state index in [1.54, 1.807) is 0 Å². The van der Waals surface area contributed by atoms with E-state index in [9.17, 15) is 10.2 Å². The van der Waals surface area contributed by atoms with Crippen LogP contribution in [0.3, 0.4) is 0 Å². The maximum absolute atomic E-state index is 10.7. The average Bonchev–Trinajstić information content (AvgIpc) is 2.53. The van der Waals surface area contributed by atoms with Crippen molar-refractivity contribution in [1.29, 1.82) is 0 Å². The lowest BCUT2D eigenvalue weighted by molar-refractivity contribution is 0.203. The van der Waals surface area contributed by atoms with Gasteiger partial charge in [-0.05, 0) is 57.4 Å². The molecule has 2 heteroatoms. The average molecular weight is 343 g/mol. The molecule has 25 heavy (non-hydrogen) atoms. The highest BCUT2D eigenvalue weighted by Gasteiger charge is 2.38. The Morgan fingerprint density at radius 1 is 1.28 bits per heavy atom. The Kier molecular flexibility index (Phi) is 7.16. The van der Waals surface area contributed by atoms with Gasteiger partial charge in [-0.3, -0.25) is 0 Å². The fourth-order valence-electron chi connectivity index (χ4n) is 4.22. The Hall–Kier alpha value is -1.70. The van der Waals surface area contributed by atoms with Crippen molar-refractivity contribution in [1.82, 2.24) is 0 Å². The third-order valence-electron chi connectivity index (χ3n) is 5.59. The SMILES string of the molecule is C=C(C)[C@@H]1CCC(C)=C[C@H]1C1C(O)=CC(O)=CC1/C=C\CCCCC. The quantitative estimate of drug-likeness (QED) is 0.394. The van der Waals surface area contributed by atoms with Gasteiger partial charge in [-0.15, -0.1) is 0 Å². The van der Waals surface area contributed by atoms with Crippen molar-refractivity contribution in [3.63, 3.8) is 0 Å². The zero-order valence-corrected chi connectivity index (χ0v) is 16.0. The summed E-state index contributed by atoms with van der Waals surface area (Å²) in [7, 11) is 0. The first-order valence-electron chi connectivity index (χ1n) is 9.74. The van der Waals surface area contributed by atoms with Crippen molar-refractivity contribution in [2.24, 2.45) is 23.7 Å². The van der Waals surface area contributed by atoms with E-state index >= 15 is 0 Å². The molecule has 0 radical (unpaired) electrons. The number of hydrogen-bond donors (Lipinski definition) is 2. The van der Waals surface area contributed by atoms with Crippen LogP contribution in [0.25, 0.3) is 0 Å². The molecule has 4 atom stereocenters. The smallest absolute Gasteiger partial charge is 0.115 e. The van der Waals surface area contributed by atoms with Gasteiger partial charge in [0.2, 0.25) is 0 Å². The van der Waals surface area contributed by atoms with Crippen LogP contribution in [0.4, 0.5) is 0 Å². The molecule has 0 bridgehead atoms. The Bertz CT molecular complexity index is 591. The minimum absolute atomic E-state index is 0.0183. The molecular weight excluding hydrogens is 308 g/mol. The first kappa shape index (κ1) is 19.6. The van der Waals surface area contributed by atoms with Gasteiger partial charge in [0.25, 0.3) is 0 Å². The third kappa shape index (κ3) is 5.14. The second-order valence-corrected chi connectivity index (χ2v) is 7.77. The maximum atomic E-state index is 10.7. The van der Waals surface area contributed by atoms with Gasteiger partial charge in [-0.25, -0.2) is 0 Å². The predicted octanol–water partition coefficient (Wildman–Crippen LogP) is 6.80.